The first-order chi connectivity index (χ1) is 9.90. The molecule has 0 unspecified atom stereocenters. The Bertz CT molecular complexity index is 519. The second-order valence-corrected chi connectivity index (χ2v) is 6.19. The smallest absolute Gasteiger partial charge is 0.408 e. The van der Waals surface area contributed by atoms with Crippen molar-refractivity contribution in [3.63, 3.8) is 0 Å². The zero-order chi connectivity index (χ0) is 15.5. The maximum Gasteiger partial charge on any atom is 0.408 e. The van der Waals surface area contributed by atoms with Crippen molar-refractivity contribution in [3.8, 4) is 0 Å². The van der Waals surface area contributed by atoms with E-state index in [1.165, 1.54) is 5.56 Å². The van der Waals surface area contributed by atoms with Gasteiger partial charge in [-0.3, -0.25) is 0 Å². The third-order valence-corrected chi connectivity index (χ3v) is 3.28. The van der Waals surface area contributed by atoms with E-state index in [1.807, 2.05) is 39.0 Å². The van der Waals surface area contributed by atoms with Gasteiger partial charge in [-0.25, -0.2) is 4.79 Å². The number of hydrogen-bond donors (Lipinski definition) is 1. The fourth-order valence-electron chi connectivity index (χ4n) is 2.51. The lowest BCUT2D eigenvalue weighted by molar-refractivity contribution is 0.0292. The molecule has 0 radical (unpaired) electrons. The zero-order valence-electron chi connectivity index (χ0n) is 12.9. The first kappa shape index (κ1) is 15.6. The van der Waals surface area contributed by atoms with E-state index in [0.29, 0.717) is 6.61 Å². The lowest BCUT2D eigenvalue weighted by atomic mass is 10.1. The average molecular weight is 289 g/mol. The second kappa shape index (κ2) is 6.31. The van der Waals surface area contributed by atoms with E-state index >= 15 is 0 Å². The van der Waals surface area contributed by atoms with Crippen LogP contribution in [0, 0.1) is 0 Å². The molecule has 1 N–H and O–H groups in total. The Kier molecular flexibility index (Phi) is 4.68. The van der Waals surface area contributed by atoms with Crippen molar-refractivity contribution >= 4 is 6.09 Å². The van der Waals surface area contributed by atoms with Crippen LogP contribution in [-0.2, 0) is 15.9 Å². The summed E-state index contributed by atoms with van der Waals surface area (Å²) in [4.78, 5) is 12.0. The number of nitrogens with one attached hydrogen (secondary N) is 1. The Morgan fingerprint density at radius 3 is 2.81 bits per heavy atom. The van der Waals surface area contributed by atoms with Crippen LogP contribution in [0.25, 0.3) is 0 Å². The fourth-order valence-corrected chi connectivity index (χ4v) is 2.51. The van der Waals surface area contributed by atoms with Gasteiger partial charge in [0.2, 0.25) is 0 Å². The third kappa shape index (κ3) is 4.08. The van der Waals surface area contributed by atoms with E-state index < -0.39 is 11.7 Å². The molecule has 0 heterocycles. The summed E-state index contributed by atoms with van der Waals surface area (Å²) in [5.41, 5.74) is 1.78. The lowest BCUT2D eigenvalue weighted by Crippen LogP contribution is -2.39. The van der Waals surface area contributed by atoms with Crippen molar-refractivity contribution in [3.05, 3.63) is 48.0 Å². The van der Waals surface area contributed by atoms with E-state index in [2.05, 4.69) is 18.0 Å². The molecule has 1 amide bonds. The molecule has 21 heavy (non-hydrogen) atoms. The van der Waals surface area contributed by atoms with Crippen molar-refractivity contribution in [2.24, 2.45) is 0 Å². The number of benzene rings is 1. The fraction of sp³-hybridized carbons (Fsp3) is 0.471. The number of carbonyl (C=O) groups is 1. The summed E-state index contributed by atoms with van der Waals surface area (Å²) in [6.07, 6.45) is 1.99. The number of fused-ring (bicyclic) bond motifs is 1. The monoisotopic (exact) mass is 289 g/mol. The van der Waals surface area contributed by atoms with Gasteiger partial charge in [0.25, 0.3) is 0 Å². The van der Waals surface area contributed by atoms with Crippen molar-refractivity contribution < 1.29 is 14.3 Å². The molecule has 114 valence electrons. The molecule has 2 rings (SSSR count). The number of carbonyl (C=O) groups excluding carboxylic acids is 1. The summed E-state index contributed by atoms with van der Waals surface area (Å²) in [6, 6.07) is 7.87. The van der Waals surface area contributed by atoms with Crippen LogP contribution in [0.4, 0.5) is 4.79 Å². The number of alkyl carbamates (subject to hydrolysis) is 1. The first-order valence-corrected chi connectivity index (χ1v) is 7.20. The lowest BCUT2D eigenvalue weighted by Gasteiger charge is -2.25. The van der Waals surface area contributed by atoms with Crippen LogP contribution in [0.3, 0.4) is 0 Å². The van der Waals surface area contributed by atoms with Crippen LogP contribution in [0.15, 0.2) is 36.9 Å². The Labute approximate surface area is 126 Å². The predicted molar refractivity (Wildman–Crippen MR) is 82.2 cm³/mol. The Morgan fingerprint density at radius 2 is 2.14 bits per heavy atom. The largest absolute Gasteiger partial charge is 0.444 e. The van der Waals surface area contributed by atoms with Crippen LogP contribution >= 0.6 is 0 Å². The maximum absolute atomic E-state index is 12.0. The number of rotatable bonds is 4. The average Bonchev–Trinajstić information content (AvgIpc) is 2.72. The molecule has 0 saturated heterocycles. The summed E-state index contributed by atoms with van der Waals surface area (Å²) in [6.45, 7) is 9.68. The molecule has 0 spiro atoms. The summed E-state index contributed by atoms with van der Waals surface area (Å²) in [7, 11) is 0. The van der Waals surface area contributed by atoms with Gasteiger partial charge in [-0.2, -0.15) is 0 Å². The number of amides is 1. The van der Waals surface area contributed by atoms with Gasteiger partial charge in [0.15, 0.2) is 0 Å². The molecule has 0 bridgehead atoms. The zero-order valence-corrected chi connectivity index (χ0v) is 12.9. The van der Waals surface area contributed by atoms with Crippen LogP contribution in [-0.4, -0.2) is 24.4 Å². The minimum absolute atomic E-state index is 0.0899. The minimum Gasteiger partial charge on any atom is -0.444 e. The molecule has 1 aromatic rings. The molecule has 0 saturated carbocycles. The summed E-state index contributed by atoms with van der Waals surface area (Å²) >= 11 is 0. The molecule has 0 aromatic heterocycles. The highest BCUT2D eigenvalue weighted by Crippen LogP contribution is 2.33. The van der Waals surface area contributed by atoms with E-state index in [1.54, 1.807) is 6.08 Å². The van der Waals surface area contributed by atoms with Crippen LogP contribution in [0.5, 0.6) is 0 Å². The van der Waals surface area contributed by atoms with Gasteiger partial charge in [0.1, 0.15) is 5.60 Å². The van der Waals surface area contributed by atoms with Crippen molar-refractivity contribution in [2.75, 3.05) is 6.61 Å². The molecule has 2 atom stereocenters. The third-order valence-electron chi connectivity index (χ3n) is 3.28. The Hall–Kier alpha value is -1.81. The van der Waals surface area contributed by atoms with E-state index in [9.17, 15) is 4.79 Å². The minimum atomic E-state index is -0.514. The molecule has 0 fully saturated rings. The van der Waals surface area contributed by atoms with Gasteiger partial charge in [-0.05, 0) is 31.9 Å². The SMILES string of the molecule is C=CCO[C@H]1Cc2ccccc2[C@@H]1NC(=O)OC(C)(C)C. The number of hydrogen-bond acceptors (Lipinski definition) is 3. The Morgan fingerprint density at radius 1 is 1.43 bits per heavy atom. The molecule has 4 nitrogen and oxygen atoms in total. The quantitative estimate of drug-likeness (QED) is 0.864. The van der Waals surface area contributed by atoms with Gasteiger partial charge in [-0.15, -0.1) is 6.58 Å². The Balaban J connectivity index is 2.12. The van der Waals surface area contributed by atoms with Crippen LogP contribution in [0.1, 0.15) is 37.9 Å². The second-order valence-electron chi connectivity index (χ2n) is 6.19. The molecule has 1 aromatic carbocycles. The molecular weight excluding hydrogens is 266 g/mol. The highest BCUT2D eigenvalue weighted by molar-refractivity contribution is 5.69. The van der Waals surface area contributed by atoms with E-state index in [4.69, 9.17) is 9.47 Å². The highest BCUT2D eigenvalue weighted by atomic mass is 16.6. The standard InChI is InChI=1S/C17H23NO3/c1-5-10-20-14-11-12-8-6-7-9-13(12)15(14)18-16(19)21-17(2,3)4/h5-9,14-15H,1,10-11H2,2-4H3,(H,18,19)/t14-,15-/m0/s1. The van der Waals surface area contributed by atoms with Crippen molar-refractivity contribution in [2.45, 2.75) is 44.9 Å². The summed E-state index contributed by atoms with van der Waals surface area (Å²) in [5, 5.41) is 2.93. The highest BCUT2D eigenvalue weighted by Gasteiger charge is 2.34. The predicted octanol–water partition coefficient (Wildman–Crippen LogP) is 3.38. The van der Waals surface area contributed by atoms with Crippen LogP contribution < -0.4 is 5.32 Å². The van der Waals surface area contributed by atoms with Gasteiger partial charge in [0.05, 0.1) is 18.8 Å². The van der Waals surface area contributed by atoms with Crippen LogP contribution in [0.2, 0.25) is 0 Å². The molecular formula is C17H23NO3. The van der Waals surface area contributed by atoms with Crippen molar-refractivity contribution in [1.29, 1.82) is 0 Å². The topological polar surface area (TPSA) is 47.6 Å². The molecule has 1 aliphatic rings. The maximum atomic E-state index is 12.0. The normalized spacial score (nSPS) is 20.7. The van der Waals surface area contributed by atoms with Gasteiger partial charge < -0.3 is 14.8 Å². The summed E-state index contributed by atoms with van der Waals surface area (Å²) < 4.78 is 11.1. The number of ether oxygens (including phenoxy) is 2. The van der Waals surface area contributed by atoms with Gasteiger partial charge in [0, 0.05) is 6.42 Å². The molecule has 0 aliphatic heterocycles. The van der Waals surface area contributed by atoms with Crippen molar-refractivity contribution in [1.82, 2.24) is 5.32 Å². The van der Waals surface area contributed by atoms with E-state index in [0.717, 1.165) is 12.0 Å². The summed E-state index contributed by atoms with van der Waals surface area (Å²) in [5.74, 6) is 0. The van der Waals surface area contributed by atoms with E-state index in [-0.39, 0.29) is 12.1 Å². The molecule has 4 heteroatoms. The first-order valence-electron chi connectivity index (χ1n) is 7.20. The van der Waals surface area contributed by atoms with Gasteiger partial charge in [-0.1, -0.05) is 30.3 Å². The van der Waals surface area contributed by atoms with Gasteiger partial charge >= 0.3 is 6.09 Å². The molecule has 1 aliphatic carbocycles.